The Labute approximate surface area is 115 Å². The fourth-order valence-corrected chi connectivity index (χ4v) is 1.94. The zero-order chi connectivity index (χ0) is 13.2. The molecule has 0 aliphatic rings. The lowest BCUT2D eigenvalue weighted by atomic mass is 9.97. The van der Waals surface area contributed by atoms with E-state index in [1.807, 2.05) is 13.8 Å². The van der Waals surface area contributed by atoms with Gasteiger partial charge in [-0.2, -0.15) is 0 Å². The summed E-state index contributed by atoms with van der Waals surface area (Å²) in [6.45, 7) is 4.36. The Kier molecular flexibility index (Phi) is 4.48. The Balaban J connectivity index is 3.24. The number of rotatable bonds is 4. The van der Waals surface area contributed by atoms with Crippen molar-refractivity contribution in [1.82, 2.24) is 4.57 Å². The topological polar surface area (TPSA) is 65.1 Å². The van der Waals surface area contributed by atoms with Gasteiger partial charge in [0.05, 0.1) is 15.6 Å². The van der Waals surface area contributed by atoms with Gasteiger partial charge in [0.2, 0.25) is 0 Å². The van der Waals surface area contributed by atoms with Crippen LogP contribution >= 0.6 is 31.9 Å². The molecule has 0 fully saturated rings. The molecule has 0 bridgehead atoms. The summed E-state index contributed by atoms with van der Waals surface area (Å²) in [6.07, 6.45) is 1.28. The summed E-state index contributed by atoms with van der Waals surface area (Å²) in [4.78, 5) is 22.0. The van der Waals surface area contributed by atoms with E-state index < -0.39 is 4.92 Å². The molecule has 17 heavy (non-hydrogen) atoms. The van der Waals surface area contributed by atoms with Crippen molar-refractivity contribution in [3.05, 3.63) is 37.2 Å². The molecule has 0 unspecified atom stereocenters. The number of hydrogen-bond acceptors (Lipinski definition) is 3. The van der Waals surface area contributed by atoms with Gasteiger partial charge in [-0.1, -0.05) is 29.8 Å². The minimum absolute atomic E-state index is 0.0955. The first-order chi connectivity index (χ1) is 7.76. The van der Waals surface area contributed by atoms with Crippen LogP contribution < -0.4 is 5.56 Å². The summed E-state index contributed by atoms with van der Waals surface area (Å²) >= 11 is 6.40. The highest BCUT2D eigenvalue weighted by atomic mass is 79.9. The Morgan fingerprint density at radius 3 is 2.59 bits per heavy atom. The zero-order valence-electron chi connectivity index (χ0n) is 9.44. The molecule has 0 saturated carbocycles. The minimum Gasteiger partial charge on any atom is -0.307 e. The second-order valence-electron chi connectivity index (χ2n) is 4.53. The molecule has 0 aliphatic heterocycles. The van der Waals surface area contributed by atoms with E-state index in [2.05, 4.69) is 31.9 Å². The quantitative estimate of drug-likeness (QED) is 0.466. The maximum atomic E-state index is 11.8. The van der Waals surface area contributed by atoms with Crippen molar-refractivity contribution in [1.29, 1.82) is 0 Å². The highest BCUT2D eigenvalue weighted by Crippen LogP contribution is 2.22. The van der Waals surface area contributed by atoms with E-state index in [4.69, 9.17) is 0 Å². The van der Waals surface area contributed by atoms with Crippen molar-refractivity contribution >= 4 is 37.5 Å². The first kappa shape index (κ1) is 14.4. The van der Waals surface area contributed by atoms with Crippen molar-refractivity contribution in [3.63, 3.8) is 0 Å². The van der Waals surface area contributed by atoms with E-state index >= 15 is 0 Å². The van der Waals surface area contributed by atoms with Gasteiger partial charge >= 0.3 is 0 Å². The molecule has 0 radical (unpaired) electrons. The molecule has 0 aliphatic carbocycles. The van der Waals surface area contributed by atoms with Gasteiger partial charge in [-0.15, -0.1) is 0 Å². The Morgan fingerprint density at radius 1 is 1.53 bits per heavy atom. The molecule has 0 saturated heterocycles. The standard InChI is InChI=1S/C10H12Br2N2O3/c1-10(2,5-11)6-13-4-7(14(16)17)3-8(12)9(13)15/h3-4H,5-6H2,1-2H3. The normalized spacial score (nSPS) is 11.5. The summed E-state index contributed by atoms with van der Waals surface area (Å²) in [5, 5.41) is 11.4. The van der Waals surface area contributed by atoms with E-state index in [-0.39, 0.29) is 21.1 Å². The van der Waals surface area contributed by atoms with Crippen molar-refractivity contribution in [3.8, 4) is 0 Å². The molecule has 94 valence electrons. The van der Waals surface area contributed by atoms with Gasteiger partial charge in [-0.05, 0) is 21.3 Å². The van der Waals surface area contributed by atoms with Crippen LogP contribution in [-0.4, -0.2) is 14.8 Å². The molecule has 0 N–H and O–H groups in total. The molecule has 1 aromatic rings. The minimum atomic E-state index is -0.512. The lowest BCUT2D eigenvalue weighted by molar-refractivity contribution is -0.385. The maximum absolute atomic E-state index is 11.8. The van der Waals surface area contributed by atoms with Crippen molar-refractivity contribution < 1.29 is 4.92 Å². The molecule has 0 amide bonds. The van der Waals surface area contributed by atoms with Crippen LogP contribution in [0.2, 0.25) is 0 Å². The summed E-state index contributed by atoms with van der Waals surface area (Å²) in [7, 11) is 0. The summed E-state index contributed by atoms with van der Waals surface area (Å²) in [6, 6.07) is 1.22. The molecule has 5 nitrogen and oxygen atoms in total. The smallest absolute Gasteiger partial charge is 0.286 e. The molecule has 7 heteroatoms. The third-order valence-electron chi connectivity index (χ3n) is 2.20. The van der Waals surface area contributed by atoms with Crippen LogP contribution in [0.5, 0.6) is 0 Å². The lowest BCUT2D eigenvalue weighted by Gasteiger charge is -2.22. The molecule has 0 spiro atoms. The van der Waals surface area contributed by atoms with E-state index in [0.29, 0.717) is 11.9 Å². The molecule has 1 aromatic heterocycles. The van der Waals surface area contributed by atoms with E-state index in [9.17, 15) is 14.9 Å². The van der Waals surface area contributed by atoms with Gasteiger partial charge in [0.1, 0.15) is 0 Å². The van der Waals surface area contributed by atoms with Gasteiger partial charge in [-0.3, -0.25) is 14.9 Å². The molecule has 0 aromatic carbocycles. The van der Waals surface area contributed by atoms with Gasteiger partial charge < -0.3 is 4.57 Å². The van der Waals surface area contributed by atoms with Gasteiger partial charge in [0, 0.05) is 17.9 Å². The monoisotopic (exact) mass is 366 g/mol. The van der Waals surface area contributed by atoms with Gasteiger partial charge in [0.15, 0.2) is 0 Å². The SMILES string of the molecule is CC(C)(CBr)Cn1cc([N+](=O)[O-])cc(Br)c1=O. The number of aromatic nitrogens is 1. The summed E-state index contributed by atoms with van der Waals surface area (Å²) < 4.78 is 1.57. The Morgan fingerprint density at radius 2 is 2.12 bits per heavy atom. The van der Waals surface area contributed by atoms with Crippen LogP contribution in [0.15, 0.2) is 21.5 Å². The first-order valence-electron chi connectivity index (χ1n) is 4.87. The number of pyridine rings is 1. The van der Waals surface area contributed by atoms with Crippen LogP contribution in [0.3, 0.4) is 0 Å². The number of alkyl halides is 1. The number of hydrogen-bond donors (Lipinski definition) is 0. The summed E-state index contributed by atoms with van der Waals surface area (Å²) in [5.41, 5.74) is -0.509. The van der Waals surface area contributed by atoms with Crippen LogP contribution in [-0.2, 0) is 6.54 Å². The zero-order valence-corrected chi connectivity index (χ0v) is 12.6. The van der Waals surface area contributed by atoms with Crippen LogP contribution in [0, 0.1) is 15.5 Å². The Bertz CT molecular complexity index is 497. The molecule has 0 atom stereocenters. The average Bonchev–Trinajstić information content (AvgIpc) is 2.24. The number of halogens is 2. The van der Waals surface area contributed by atoms with E-state index in [1.165, 1.54) is 16.8 Å². The molecular formula is C10H12Br2N2O3. The maximum Gasteiger partial charge on any atom is 0.286 e. The highest BCUT2D eigenvalue weighted by Gasteiger charge is 2.20. The second-order valence-corrected chi connectivity index (χ2v) is 5.95. The van der Waals surface area contributed by atoms with Crippen molar-refractivity contribution in [2.45, 2.75) is 20.4 Å². The van der Waals surface area contributed by atoms with Crippen molar-refractivity contribution in [2.75, 3.05) is 5.33 Å². The first-order valence-corrected chi connectivity index (χ1v) is 6.78. The molecule has 1 heterocycles. The number of nitrogens with zero attached hydrogens (tertiary/aromatic N) is 2. The largest absolute Gasteiger partial charge is 0.307 e. The predicted molar refractivity (Wildman–Crippen MR) is 72.6 cm³/mol. The van der Waals surface area contributed by atoms with Crippen LogP contribution in [0.1, 0.15) is 13.8 Å². The van der Waals surface area contributed by atoms with Crippen molar-refractivity contribution in [2.24, 2.45) is 5.41 Å². The fraction of sp³-hybridized carbons (Fsp3) is 0.500. The van der Waals surface area contributed by atoms with E-state index in [1.54, 1.807) is 0 Å². The molecular weight excluding hydrogens is 356 g/mol. The second kappa shape index (κ2) is 5.30. The third-order valence-corrected chi connectivity index (χ3v) is 4.28. The number of nitro groups is 1. The van der Waals surface area contributed by atoms with E-state index in [0.717, 1.165) is 0 Å². The van der Waals surface area contributed by atoms with Crippen LogP contribution in [0.4, 0.5) is 5.69 Å². The predicted octanol–water partition coefficient (Wildman–Crippen LogP) is 2.94. The summed E-state index contributed by atoms with van der Waals surface area (Å²) in [5.74, 6) is 0. The van der Waals surface area contributed by atoms with Gasteiger partial charge in [-0.25, -0.2) is 0 Å². The highest BCUT2D eigenvalue weighted by molar-refractivity contribution is 9.10. The fourth-order valence-electron chi connectivity index (χ4n) is 1.31. The Hall–Kier alpha value is -0.690. The lowest BCUT2D eigenvalue weighted by Crippen LogP contribution is -2.29. The average molecular weight is 368 g/mol. The van der Waals surface area contributed by atoms with Gasteiger partial charge in [0.25, 0.3) is 11.2 Å². The third kappa shape index (κ3) is 3.64. The molecule has 1 rings (SSSR count). The van der Waals surface area contributed by atoms with Crippen LogP contribution in [0.25, 0.3) is 0 Å².